The Morgan fingerprint density at radius 2 is 2.29 bits per heavy atom. The first kappa shape index (κ1) is 18.4. The van der Waals surface area contributed by atoms with Crippen LogP contribution in [-0.2, 0) is 16.0 Å². The van der Waals surface area contributed by atoms with Gasteiger partial charge in [-0.15, -0.1) is 0 Å². The zero-order valence-corrected chi connectivity index (χ0v) is 15.8. The van der Waals surface area contributed by atoms with Crippen LogP contribution in [0.15, 0.2) is 30.9 Å². The second-order valence-electron chi connectivity index (χ2n) is 7.08. The lowest BCUT2D eigenvalue weighted by Crippen LogP contribution is -2.37. The number of rotatable bonds is 4. The van der Waals surface area contributed by atoms with Gasteiger partial charge in [0.1, 0.15) is 11.9 Å². The molecule has 1 saturated heterocycles. The number of fused-ring (bicyclic) bond motifs is 1. The molecule has 0 saturated carbocycles. The van der Waals surface area contributed by atoms with Crippen LogP contribution in [0.5, 0.6) is 0 Å². The van der Waals surface area contributed by atoms with Gasteiger partial charge >= 0.3 is 0 Å². The first-order valence-corrected chi connectivity index (χ1v) is 9.45. The van der Waals surface area contributed by atoms with E-state index in [2.05, 4.69) is 27.1 Å². The molecule has 8 nitrogen and oxygen atoms in total. The van der Waals surface area contributed by atoms with Gasteiger partial charge in [-0.3, -0.25) is 14.7 Å². The smallest absolute Gasteiger partial charge is 0.251 e. The number of ether oxygens (including phenoxy) is 1. The minimum Gasteiger partial charge on any atom is -0.368 e. The molecule has 0 radical (unpaired) electrons. The van der Waals surface area contributed by atoms with Crippen molar-refractivity contribution in [2.24, 2.45) is 0 Å². The zero-order valence-electron chi connectivity index (χ0n) is 15.8. The molecule has 1 aromatic carbocycles. The summed E-state index contributed by atoms with van der Waals surface area (Å²) in [5.41, 5.74) is 2.42. The summed E-state index contributed by atoms with van der Waals surface area (Å²) in [7, 11) is 0. The third-order valence-corrected chi connectivity index (χ3v) is 5.18. The van der Waals surface area contributed by atoms with Crippen LogP contribution in [0.2, 0.25) is 0 Å². The van der Waals surface area contributed by atoms with Gasteiger partial charge in [-0.25, -0.2) is 4.98 Å². The van der Waals surface area contributed by atoms with Crippen molar-refractivity contribution in [1.29, 1.82) is 0 Å². The number of aromatic nitrogens is 3. The highest BCUT2D eigenvalue weighted by Gasteiger charge is 2.34. The number of carbonyl (C=O) groups is 2. The Kier molecular flexibility index (Phi) is 4.95. The monoisotopic (exact) mass is 381 g/mol. The van der Waals surface area contributed by atoms with Crippen LogP contribution in [-0.4, -0.2) is 46.2 Å². The predicted molar refractivity (Wildman–Crippen MR) is 103 cm³/mol. The summed E-state index contributed by atoms with van der Waals surface area (Å²) in [6.45, 7) is 6.61. The first-order chi connectivity index (χ1) is 13.6. The van der Waals surface area contributed by atoms with Crippen LogP contribution in [0.3, 0.4) is 0 Å². The minimum absolute atomic E-state index is 0.120. The predicted octanol–water partition coefficient (Wildman–Crippen LogP) is 1.84. The van der Waals surface area contributed by atoms with Crippen molar-refractivity contribution in [1.82, 2.24) is 20.5 Å². The van der Waals surface area contributed by atoms with Crippen molar-refractivity contribution in [2.45, 2.75) is 38.3 Å². The van der Waals surface area contributed by atoms with E-state index in [0.29, 0.717) is 36.8 Å². The molecule has 2 aliphatic rings. The Morgan fingerprint density at radius 3 is 3.04 bits per heavy atom. The highest BCUT2D eigenvalue weighted by Crippen LogP contribution is 2.30. The standard InChI is InChI=1S/C20H23N5O3/c1-3-17(26)25-9-4-5-13-11-14(6-7-16(13)25)20(27)22-15-8-10-28-18(15)19-21-12(2)23-24-19/h3,6-7,11,15,18H,1,4-5,8-10H2,2H3,(H,22,27)(H,21,23,24)/t15-,18+/m0/s1. The molecule has 2 atom stereocenters. The average molecular weight is 381 g/mol. The van der Waals surface area contributed by atoms with Crippen LogP contribution >= 0.6 is 0 Å². The molecule has 2 N–H and O–H groups in total. The lowest BCUT2D eigenvalue weighted by atomic mass is 9.98. The summed E-state index contributed by atoms with van der Waals surface area (Å²) < 4.78 is 5.73. The van der Waals surface area contributed by atoms with Gasteiger partial charge in [0, 0.05) is 24.4 Å². The van der Waals surface area contributed by atoms with Crippen LogP contribution in [0.1, 0.15) is 46.5 Å². The van der Waals surface area contributed by atoms with E-state index in [1.54, 1.807) is 11.0 Å². The second kappa shape index (κ2) is 7.55. The summed E-state index contributed by atoms with van der Waals surface area (Å²) >= 11 is 0. The number of hydrogen-bond donors (Lipinski definition) is 2. The normalized spacial score (nSPS) is 21.2. The molecule has 1 fully saturated rings. The zero-order chi connectivity index (χ0) is 19.7. The molecule has 2 amide bonds. The number of aromatic amines is 1. The summed E-state index contributed by atoms with van der Waals surface area (Å²) in [6.07, 6.45) is 3.37. The van der Waals surface area contributed by atoms with E-state index in [1.165, 1.54) is 6.08 Å². The molecule has 0 spiro atoms. The Balaban J connectivity index is 1.51. The fraction of sp³-hybridized carbons (Fsp3) is 0.400. The number of carbonyl (C=O) groups excluding carboxylic acids is 2. The number of H-pyrrole nitrogens is 1. The number of aryl methyl sites for hydroxylation is 2. The van der Waals surface area contributed by atoms with Crippen LogP contribution in [0, 0.1) is 6.92 Å². The van der Waals surface area contributed by atoms with Crippen LogP contribution in [0.4, 0.5) is 5.69 Å². The molecule has 4 rings (SSSR count). The van der Waals surface area contributed by atoms with E-state index >= 15 is 0 Å². The van der Waals surface area contributed by atoms with Crippen molar-refractivity contribution in [3.8, 4) is 0 Å². The van der Waals surface area contributed by atoms with Gasteiger partial charge in [0.25, 0.3) is 5.91 Å². The Labute approximate surface area is 163 Å². The van der Waals surface area contributed by atoms with E-state index in [4.69, 9.17) is 4.74 Å². The number of nitrogens with one attached hydrogen (secondary N) is 2. The SMILES string of the molecule is C=CC(=O)N1CCCc2cc(C(=O)N[C@H]3CCO[C@H]3c3n[nH]c(C)n3)ccc21. The Morgan fingerprint density at radius 1 is 1.43 bits per heavy atom. The van der Waals surface area contributed by atoms with Crippen molar-refractivity contribution >= 4 is 17.5 Å². The third kappa shape index (κ3) is 3.43. The quantitative estimate of drug-likeness (QED) is 0.787. The van der Waals surface area contributed by atoms with Gasteiger partial charge < -0.3 is 15.0 Å². The number of anilines is 1. The molecular weight excluding hydrogens is 358 g/mol. The fourth-order valence-corrected chi connectivity index (χ4v) is 3.81. The number of benzene rings is 1. The topological polar surface area (TPSA) is 100 Å². The molecule has 1 aromatic heterocycles. The van der Waals surface area contributed by atoms with Gasteiger partial charge in [-0.2, -0.15) is 5.10 Å². The molecule has 0 bridgehead atoms. The van der Waals surface area contributed by atoms with E-state index in [1.807, 2.05) is 19.1 Å². The summed E-state index contributed by atoms with van der Waals surface area (Å²) in [5, 5.41) is 10.0. The van der Waals surface area contributed by atoms with Crippen molar-refractivity contribution in [3.63, 3.8) is 0 Å². The molecule has 146 valence electrons. The Hall–Kier alpha value is -3.00. The van der Waals surface area contributed by atoms with E-state index < -0.39 is 0 Å². The highest BCUT2D eigenvalue weighted by molar-refractivity contribution is 6.02. The molecule has 3 heterocycles. The largest absolute Gasteiger partial charge is 0.368 e. The van der Waals surface area contributed by atoms with E-state index in [9.17, 15) is 9.59 Å². The molecule has 8 heteroatoms. The maximum atomic E-state index is 12.8. The minimum atomic E-state index is -0.354. The number of hydrogen-bond acceptors (Lipinski definition) is 5. The summed E-state index contributed by atoms with van der Waals surface area (Å²) in [5.74, 6) is 0.988. The van der Waals surface area contributed by atoms with E-state index in [0.717, 1.165) is 24.1 Å². The maximum Gasteiger partial charge on any atom is 0.251 e. The van der Waals surface area contributed by atoms with Crippen molar-refractivity contribution in [2.75, 3.05) is 18.1 Å². The molecular formula is C20H23N5O3. The van der Waals surface area contributed by atoms with Gasteiger partial charge in [0.15, 0.2) is 5.82 Å². The fourth-order valence-electron chi connectivity index (χ4n) is 3.81. The lowest BCUT2D eigenvalue weighted by molar-refractivity contribution is -0.114. The van der Waals surface area contributed by atoms with Gasteiger partial charge in [0.05, 0.1) is 6.04 Å². The summed E-state index contributed by atoms with van der Waals surface area (Å²) in [6, 6.07) is 5.28. The highest BCUT2D eigenvalue weighted by atomic mass is 16.5. The lowest BCUT2D eigenvalue weighted by Gasteiger charge is -2.29. The van der Waals surface area contributed by atoms with Crippen LogP contribution < -0.4 is 10.2 Å². The van der Waals surface area contributed by atoms with Crippen molar-refractivity contribution < 1.29 is 14.3 Å². The van der Waals surface area contributed by atoms with E-state index in [-0.39, 0.29) is 24.0 Å². The Bertz CT molecular complexity index is 922. The molecule has 2 aromatic rings. The second-order valence-corrected chi connectivity index (χ2v) is 7.08. The molecule has 0 unspecified atom stereocenters. The molecule has 28 heavy (non-hydrogen) atoms. The van der Waals surface area contributed by atoms with Crippen molar-refractivity contribution in [3.05, 3.63) is 53.6 Å². The summed E-state index contributed by atoms with van der Waals surface area (Å²) in [4.78, 5) is 30.9. The van der Waals surface area contributed by atoms with Gasteiger partial charge in [0.2, 0.25) is 5.91 Å². The van der Waals surface area contributed by atoms with Gasteiger partial charge in [-0.05, 0) is 56.0 Å². The first-order valence-electron chi connectivity index (χ1n) is 9.45. The molecule has 2 aliphatic heterocycles. The number of amides is 2. The average Bonchev–Trinajstić information content (AvgIpc) is 3.34. The maximum absolute atomic E-state index is 12.8. The molecule has 0 aliphatic carbocycles. The van der Waals surface area contributed by atoms with Gasteiger partial charge in [-0.1, -0.05) is 6.58 Å². The third-order valence-electron chi connectivity index (χ3n) is 5.18. The number of nitrogens with zero attached hydrogens (tertiary/aromatic N) is 3. The van der Waals surface area contributed by atoms with Crippen LogP contribution in [0.25, 0.3) is 0 Å².